The van der Waals surface area contributed by atoms with Crippen LogP contribution in [-0.2, 0) is 0 Å². The molecule has 1 aliphatic carbocycles. The van der Waals surface area contributed by atoms with E-state index in [1.165, 1.54) is 0 Å². The van der Waals surface area contributed by atoms with Crippen LogP contribution in [0.5, 0.6) is 0 Å². The standard InChI is InChI=1S/C19H21N3O2/c20-12-17(13-6-7-13)22-19(24)15-8-10-16(11-9-15)21-18(23)14-4-2-1-3-5-14/h1-5,8-11,13,17H,6-7,12,20H2,(H,21,23)(H,22,24). The van der Waals surface area contributed by atoms with E-state index in [9.17, 15) is 9.59 Å². The number of carbonyl (C=O) groups excluding carboxylic acids is 2. The topological polar surface area (TPSA) is 84.2 Å². The van der Waals surface area contributed by atoms with Gasteiger partial charge in [0, 0.05) is 29.4 Å². The van der Waals surface area contributed by atoms with Crippen molar-refractivity contribution in [1.82, 2.24) is 5.32 Å². The number of hydrogen-bond acceptors (Lipinski definition) is 3. The quantitative estimate of drug-likeness (QED) is 0.763. The van der Waals surface area contributed by atoms with Gasteiger partial charge in [-0.3, -0.25) is 9.59 Å². The monoisotopic (exact) mass is 323 g/mol. The summed E-state index contributed by atoms with van der Waals surface area (Å²) in [6.07, 6.45) is 2.26. The van der Waals surface area contributed by atoms with Crippen molar-refractivity contribution in [3.8, 4) is 0 Å². The predicted octanol–water partition coefficient (Wildman–Crippen LogP) is 2.41. The van der Waals surface area contributed by atoms with E-state index in [0.717, 1.165) is 12.8 Å². The molecule has 1 unspecified atom stereocenters. The van der Waals surface area contributed by atoms with E-state index < -0.39 is 0 Å². The maximum Gasteiger partial charge on any atom is 0.255 e. The van der Waals surface area contributed by atoms with Crippen molar-refractivity contribution in [2.75, 3.05) is 11.9 Å². The number of hydrogen-bond donors (Lipinski definition) is 3. The number of anilines is 1. The van der Waals surface area contributed by atoms with Crippen molar-refractivity contribution < 1.29 is 9.59 Å². The Bertz CT molecular complexity index is 709. The zero-order valence-corrected chi connectivity index (χ0v) is 13.4. The average molecular weight is 323 g/mol. The maximum atomic E-state index is 12.2. The Morgan fingerprint density at radius 1 is 0.958 bits per heavy atom. The molecule has 0 heterocycles. The van der Waals surface area contributed by atoms with E-state index in [2.05, 4.69) is 10.6 Å². The molecule has 2 amide bonds. The van der Waals surface area contributed by atoms with Gasteiger partial charge in [-0.05, 0) is 55.2 Å². The molecule has 0 saturated heterocycles. The molecular weight excluding hydrogens is 302 g/mol. The summed E-state index contributed by atoms with van der Waals surface area (Å²) in [6, 6.07) is 15.9. The minimum Gasteiger partial charge on any atom is -0.348 e. The van der Waals surface area contributed by atoms with Crippen molar-refractivity contribution >= 4 is 17.5 Å². The van der Waals surface area contributed by atoms with Crippen molar-refractivity contribution in [3.05, 3.63) is 65.7 Å². The van der Waals surface area contributed by atoms with Gasteiger partial charge in [0.2, 0.25) is 0 Å². The van der Waals surface area contributed by atoms with E-state index in [1.54, 1.807) is 36.4 Å². The van der Waals surface area contributed by atoms with Gasteiger partial charge in [0.25, 0.3) is 11.8 Å². The average Bonchev–Trinajstić information content (AvgIpc) is 3.46. The van der Waals surface area contributed by atoms with Crippen molar-refractivity contribution in [3.63, 3.8) is 0 Å². The molecule has 0 aromatic heterocycles. The molecular formula is C19H21N3O2. The molecule has 5 nitrogen and oxygen atoms in total. The first-order chi connectivity index (χ1) is 11.7. The Morgan fingerprint density at radius 2 is 1.58 bits per heavy atom. The zero-order chi connectivity index (χ0) is 16.9. The summed E-state index contributed by atoms with van der Waals surface area (Å²) in [5.74, 6) is 0.214. The van der Waals surface area contributed by atoms with Crippen molar-refractivity contribution in [2.45, 2.75) is 18.9 Å². The van der Waals surface area contributed by atoms with Crippen molar-refractivity contribution in [1.29, 1.82) is 0 Å². The van der Waals surface area contributed by atoms with E-state index >= 15 is 0 Å². The summed E-state index contributed by atoms with van der Waals surface area (Å²) >= 11 is 0. The molecule has 4 N–H and O–H groups in total. The van der Waals surface area contributed by atoms with Gasteiger partial charge < -0.3 is 16.4 Å². The van der Waals surface area contributed by atoms with Crippen LogP contribution in [0.15, 0.2) is 54.6 Å². The molecule has 0 aliphatic heterocycles. The molecule has 0 radical (unpaired) electrons. The van der Waals surface area contributed by atoms with Crippen LogP contribution >= 0.6 is 0 Å². The molecule has 0 bridgehead atoms. The fourth-order valence-electron chi connectivity index (χ4n) is 2.62. The van der Waals surface area contributed by atoms with Gasteiger partial charge in [0.05, 0.1) is 0 Å². The third-order valence-electron chi connectivity index (χ3n) is 4.20. The highest BCUT2D eigenvalue weighted by Crippen LogP contribution is 2.32. The van der Waals surface area contributed by atoms with Crippen LogP contribution in [0.3, 0.4) is 0 Å². The molecule has 0 spiro atoms. The minimum absolute atomic E-state index is 0.0509. The molecule has 124 valence electrons. The molecule has 3 rings (SSSR count). The maximum absolute atomic E-state index is 12.2. The van der Waals surface area contributed by atoms with E-state index in [0.29, 0.717) is 29.3 Å². The number of nitrogens with two attached hydrogens (primary N) is 1. The van der Waals surface area contributed by atoms with Crippen LogP contribution in [0.25, 0.3) is 0 Å². The minimum atomic E-state index is -0.176. The third kappa shape index (κ3) is 4.00. The molecule has 1 fully saturated rings. The lowest BCUT2D eigenvalue weighted by Gasteiger charge is -2.16. The third-order valence-corrected chi connectivity index (χ3v) is 4.20. The summed E-state index contributed by atoms with van der Waals surface area (Å²) in [5.41, 5.74) is 7.52. The summed E-state index contributed by atoms with van der Waals surface area (Å²) in [4.78, 5) is 24.3. The second kappa shape index (κ2) is 7.27. The van der Waals surface area contributed by atoms with Gasteiger partial charge in [-0.2, -0.15) is 0 Å². The number of benzene rings is 2. The molecule has 1 aliphatic rings. The zero-order valence-electron chi connectivity index (χ0n) is 13.4. The summed E-state index contributed by atoms with van der Waals surface area (Å²) in [5, 5.41) is 5.79. The largest absolute Gasteiger partial charge is 0.348 e. The fraction of sp³-hybridized carbons (Fsp3) is 0.263. The van der Waals surface area contributed by atoms with Crippen LogP contribution in [0.4, 0.5) is 5.69 Å². The number of amides is 2. The van der Waals surface area contributed by atoms with Crippen LogP contribution in [0.2, 0.25) is 0 Å². The molecule has 2 aromatic rings. The first-order valence-corrected chi connectivity index (χ1v) is 8.15. The highest BCUT2D eigenvalue weighted by atomic mass is 16.2. The van der Waals surface area contributed by atoms with Crippen LogP contribution < -0.4 is 16.4 Å². The summed E-state index contributed by atoms with van der Waals surface area (Å²) < 4.78 is 0. The second-order valence-electron chi connectivity index (χ2n) is 6.05. The van der Waals surface area contributed by atoms with Gasteiger partial charge >= 0.3 is 0 Å². The van der Waals surface area contributed by atoms with Gasteiger partial charge in [-0.15, -0.1) is 0 Å². The molecule has 5 heteroatoms. The molecule has 24 heavy (non-hydrogen) atoms. The summed E-state index contributed by atoms with van der Waals surface area (Å²) in [6.45, 7) is 0.460. The van der Waals surface area contributed by atoms with Gasteiger partial charge in [0.15, 0.2) is 0 Å². The lowest BCUT2D eigenvalue weighted by atomic mass is 10.1. The first kappa shape index (κ1) is 16.2. The molecule has 2 aromatic carbocycles. The normalized spacial score (nSPS) is 14.7. The highest BCUT2D eigenvalue weighted by molar-refractivity contribution is 6.04. The van der Waals surface area contributed by atoms with E-state index in [4.69, 9.17) is 5.73 Å². The van der Waals surface area contributed by atoms with Crippen LogP contribution in [0.1, 0.15) is 33.6 Å². The first-order valence-electron chi connectivity index (χ1n) is 8.15. The van der Waals surface area contributed by atoms with Crippen LogP contribution in [-0.4, -0.2) is 24.4 Å². The van der Waals surface area contributed by atoms with E-state index in [1.807, 2.05) is 18.2 Å². The smallest absolute Gasteiger partial charge is 0.255 e. The highest BCUT2D eigenvalue weighted by Gasteiger charge is 2.31. The van der Waals surface area contributed by atoms with Gasteiger partial charge in [-0.25, -0.2) is 0 Å². The fourth-order valence-corrected chi connectivity index (χ4v) is 2.62. The van der Waals surface area contributed by atoms with Crippen LogP contribution in [0, 0.1) is 5.92 Å². The predicted molar refractivity (Wildman–Crippen MR) is 93.9 cm³/mol. The lowest BCUT2D eigenvalue weighted by molar-refractivity contribution is 0.0933. The molecule has 1 saturated carbocycles. The van der Waals surface area contributed by atoms with E-state index in [-0.39, 0.29) is 17.9 Å². The number of rotatable bonds is 6. The van der Waals surface area contributed by atoms with Gasteiger partial charge in [-0.1, -0.05) is 18.2 Å². The lowest BCUT2D eigenvalue weighted by Crippen LogP contribution is -2.41. The number of carbonyl (C=O) groups is 2. The van der Waals surface area contributed by atoms with Crippen molar-refractivity contribution in [2.24, 2.45) is 11.7 Å². The Kier molecular flexibility index (Phi) is 4.91. The Balaban J connectivity index is 1.60. The second-order valence-corrected chi connectivity index (χ2v) is 6.05. The summed E-state index contributed by atoms with van der Waals surface area (Å²) in [7, 11) is 0. The Hall–Kier alpha value is -2.66. The molecule has 1 atom stereocenters. The Labute approximate surface area is 141 Å². The number of nitrogens with one attached hydrogen (secondary N) is 2. The SMILES string of the molecule is NCC(NC(=O)c1ccc(NC(=O)c2ccccc2)cc1)C1CC1. The Morgan fingerprint density at radius 3 is 2.17 bits per heavy atom. The van der Waals surface area contributed by atoms with Gasteiger partial charge in [0.1, 0.15) is 0 Å².